The fourth-order valence-electron chi connectivity index (χ4n) is 5.88. The van der Waals surface area contributed by atoms with Crippen molar-refractivity contribution in [2.45, 2.75) is 174 Å². The van der Waals surface area contributed by atoms with Crippen LogP contribution in [-0.2, 0) is 27.9 Å². The van der Waals surface area contributed by atoms with Crippen molar-refractivity contribution < 1.29 is 37.3 Å². The van der Waals surface area contributed by atoms with Gasteiger partial charge in [-0.25, -0.2) is 4.57 Å². The normalized spacial score (nSPS) is 14.5. The van der Waals surface area contributed by atoms with Gasteiger partial charge in [-0.15, -0.1) is 0 Å². The van der Waals surface area contributed by atoms with Crippen molar-refractivity contribution in [1.29, 1.82) is 0 Å². The second kappa shape index (κ2) is 42.4. The molecule has 0 aromatic rings. The zero-order valence-corrected chi connectivity index (χ0v) is 39.4. The molecule has 59 heavy (non-hydrogen) atoms. The summed E-state index contributed by atoms with van der Waals surface area (Å²) in [5.74, 6) is -0.328. The molecule has 0 rings (SSSR count). The van der Waals surface area contributed by atoms with Crippen LogP contribution < -0.4 is 0 Å². The van der Waals surface area contributed by atoms with Gasteiger partial charge in [0.15, 0.2) is 0 Å². The third-order valence-corrected chi connectivity index (χ3v) is 10.5. The van der Waals surface area contributed by atoms with Gasteiger partial charge in [0.2, 0.25) is 0 Å². The summed E-state index contributed by atoms with van der Waals surface area (Å²) in [6.07, 6.45) is 56.3. The molecule has 0 saturated carbocycles. The predicted molar refractivity (Wildman–Crippen MR) is 251 cm³/mol. The monoisotopic (exact) mass is 847 g/mol. The van der Waals surface area contributed by atoms with E-state index in [0.29, 0.717) is 24.1 Å². The number of nitrogens with zero attached hydrogens (tertiary/aromatic N) is 1. The molecule has 2 atom stereocenters. The molecule has 0 aliphatic rings. The lowest BCUT2D eigenvalue weighted by atomic mass is 10.1. The number of carbonyl (C=O) groups excluding carboxylic acids is 1. The van der Waals surface area contributed by atoms with Crippen LogP contribution in [0, 0.1) is 0 Å². The Morgan fingerprint density at radius 2 is 0.983 bits per heavy atom. The molecule has 0 fully saturated rings. The zero-order chi connectivity index (χ0) is 43.4. The largest absolute Gasteiger partial charge is 0.472 e. The molecule has 0 amide bonds. The molecular formula is C50H89NO7P+. The van der Waals surface area contributed by atoms with Crippen molar-refractivity contribution in [2.24, 2.45) is 0 Å². The van der Waals surface area contributed by atoms with Gasteiger partial charge in [0.25, 0.3) is 0 Å². The number of phosphoric acid groups is 1. The van der Waals surface area contributed by atoms with Crippen LogP contribution in [0.5, 0.6) is 0 Å². The van der Waals surface area contributed by atoms with Crippen LogP contribution in [0.2, 0.25) is 0 Å². The molecule has 0 aromatic heterocycles. The van der Waals surface area contributed by atoms with Crippen LogP contribution in [0.25, 0.3) is 0 Å². The van der Waals surface area contributed by atoms with Gasteiger partial charge in [-0.3, -0.25) is 13.8 Å². The Hall–Kier alpha value is -2.32. The lowest BCUT2D eigenvalue weighted by molar-refractivity contribution is -0.870. The predicted octanol–water partition coefficient (Wildman–Crippen LogP) is 14.1. The number of rotatable bonds is 42. The number of hydrogen-bond acceptors (Lipinski definition) is 6. The van der Waals surface area contributed by atoms with E-state index in [9.17, 15) is 14.3 Å². The Morgan fingerprint density at radius 3 is 1.47 bits per heavy atom. The summed E-state index contributed by atoms with van der Waals surface area (Å²) >= 11 is 0. The maximum Gasteiger partial charge on any atom is 0.472 e. The summed E-state index contributed by atoms with van der Waals surface area (Å²) in [6.45, 7) is 5.42. The van der Waals surface area contributed by atoms with Crippen LogP contribution in [0.4, 0.5) is 0 Å². The van der Waals surface area contributed by atoms with Crippen LogP contribution in [-0.4, -0.2) is 75.6 Å². The Morgan fingerprint density at radius 1 is 0.542 bits per heavy atom. The van der Waals surface area contributed by atoms with Crippen LogP contribution in [0.15, 0.2) is 85.1 Å². The highest BCUT2D eigenvalue weighted by atomic mass is 31.2. The number of ether oxygens (including phenoxy) is 2. The van der Waals surface area contributed by atoms with E-state index >= 15 is 0 Å². The first-order chi connectivity index (χ1) is 28.6. The van der Waals surface area contributed by atoms with Crippen molar-refractivity contribution in [3.63, 3.8) is 0 Å². The van der Waals surface area contributed by atoms with Crippen molar-refractivity contribution in [2.75, 3.05) is 54.1 Å². The Labute approximate surface area is 363 Å². The molecule has 0 aliphatic heterocycles. The molecule has 9 heteroatoms. The highest BCUT2D eigenvalue weighted by Gasteiger charge is 2.26. The first kappa shape index (κ1) is 56.7. The Balaban J connectivity index is 4.21. The molecule has 2 unspecified atom stereocenters. The summed E-state index contributed by atoms with van der Waals surface area (Å²) in [7, 11) is 1.64. The third-order valence-electron chi connectivity index (χ3n) is 9.47. The smallest absolute Gasteiger partial charge is 0.457 e. The van der Waals surface area contributed by atoms with Crippen LogP contribution >= 0.6 is 7.82 Å². The van der Waals surface area contributed by atoms with Crippen molar-refractivity contribution in [1.82, 2.24) is 0 Å². The van der Waals surface area contributed by atoms with Gasteiger partial charge in [-0.2, -0.15) is 0 Å². The molecule has 0 saturated heterocycles. The number of esters is 1. The van der Waals surface area contributed by atoms with E-state index in [4.69, 9.17) is 18.5 Å². The molecule has 0 radical (unpaired) electrons. The minimum atomic E-state index is -4.28. The summed E-state index contributed by atoms with van der Waals surface area (Å²) < 4.78 is 35.0. The van der Waals surface area contributed by atoms with E-state index in [2.05, 4.69) is 98.9 Å². The molecule has 0 aliphatic carbocycles. The molecule has 1 N–H and O–H groups in total. The lowest BCUT2D eigenvalue weighted by Gasteiger charge is -2.24. The molecule has 0 spiro atoms. The van der Waals surface area contributed by atoms with E-state index in [0.717, 1.165) is 96.3 Å². The summed E-state index contributed by atoms with van der Waals surface area (Å²) in [4.78, 5) is 22.9. The highest BCUT2D eigenvalue weighted by molar-refractivity contribution is 7.47. The maximum atomic E-state index is 12.7. The van der Waals surface area contributed by atoms with Crippen molar-refractivity contribution >= 4 is 13.8 Å². The van der Waals surface area contributed by atoms with E-state index in [1.165, 1.54) is 51.4 Å². The van der Waals surface area contributed by atoms with Gasteiger partial charge in [-0.05, 0) is 70.6 Å². The molecule has 0 bridgehead atoms. The number of likely N-dealkylation sites (N-methyl/N-ethyl adjacent to an activating group) is 1. The fraction of sp³-hybridized carbons (Fsp3) is 0.700. The number of carbonyl (C=O) groups is 1. The Bertz CT molecular complexity index is 1210. The molecular weight excluding hydrogens is 758 g/mol. The number of phosphoric ester groups is 1. The van der Waals surface area contributed by atoms with E-state index in [1.807, 2.05) is 21.1 Å². The van der Waals surface area contributed by atoms with Gasteiger partial charge >= 0.3 is 13.8 Å². The van der Waals surface area contributed by atoms with E-state index in [-0.39, 0.29) is 25.8 Å². The number of hydrogen-bond donors (Lipinski definition) is 1. The van der Waals surface area contributed by atoms with Gasteiger partial charge in [0.05, 0.1) is 34.4 Å². The zero-order valence-electron chi connectivity index (χ0n) is 38.5. The van der Waals surface area contributed by atoms with Gasteiger partial charge < -0.3 is 18.9 Å². The number of allylic oxidation sites excluding steroid dienone is 14. The molecule has 8 nitrogen and oxygen atoms in total. The van der Waals surface area contributed by atoms with Gasteiger partial charge in [0, 0.05) is 13.0 Å². The van der Waals surface area contributed by atoms with Gasteiger partial charge in [-0.1, -0.05) is 176 Å². The summed E-state index contributed by atoms with van der Waals surface area (Å²) in [5.41, 5.74) is 0. The van der Waals surface area contributed by atoms with E-state index < -0.39 is 13.9 Å². The number of unbranched alkanes of at least 4 members (excludes halogenated alkanes) is 14. The summed E-state index contributed by atoms with van der Waals surface area (Å²) in [6, 6.07) is 0. The Kier molecular flexibility index (Phi) is 40.7. The highest BCUT2D eigenvalue weighted by Crippen LogP contribution is 2.43. The van der Waals surface area contributed by atoms with Gasteiger partial charge in [0.1, 0.15) is 19.3 Å². The van der Waals surface area contributed by atoms with Crippen molar-refractivity contribution in [3.8, 4) is 0 Å². The first-order valence-electron chi connectivity index (χ1n) is 23.3. The second-order valence-electron chi connectivity index (χ2n) is 16.4. The minimum Gasteiger partial charge on any atom is -0.457 e. The quantitative estimate of drug-likeness (QED) is 0.0215. The van der Waals surface area contributed by atoms with Crippen molar-refractivity contribution in [3.05, 3.63) is 85.1 Å². The second-order valence-corrected chi connectivity index (χ2v) is 17.9. The molecule has 0 heterocycles. The molecule has 340 valence electrons. The molecule has 0 aromatic carbocycles. The number of quaternary nitrogens is 1. The standard InChI is InChI=1S/C50H88NO7P/c1-6-8-10-12-14-16-18-19-20-21-22-23-24-25-26-27-28-29-30-31-32-34-36-38-40-42-45-55-47-49(48-57-59(53,54)56-46-44-51(3,4)5)58-50(52)43-41-39-37-35-33-17-15-13-11-9-7-2/h8,10,14,16,19-20,22-23,25-26,28-29,31-32,49H,6-7,9,11-13,15,17-18,21,24,27,30,33-48H2,1-5H3/p+1/b10-8-,16-14-,20-19-,23-22-,26-25-,29-28-,32-31-. The fourth-order valence-corrected chi connectivity index (χ4v) is 6.63. The van der Waals surface area contributed by atoms with E-state index in [1.54, 1.807) is 0 Å². The average Bonchev–Trinajstić information content (AvgIpc) is 3.19. The third kappa shape index (κ3) is 46.6. The van der Waals surface area contributed by atoms with Crippen LogP contribution in [0.1, 0.15) is 168 Å². The lowest BCUT2D eigenvalue weighted by Crippen LogP contribution is -2.37. The minimum absolute atomic E-state index is 0.0797. The summed E-state index contributed by atoms with van der Waals surface area (Å²) in [5, 5.41) is 0. The van der Waals surface area contributed by atoms with Crippen LogP contribution in [0.3, 0.4) is 0 Å². The first-order valence-corrected chi connectivity index (χ1v) is 24.8. The SMILES string of the molecule is CC/C=C\C/C=C\C/C=C\C/C=C\C/C=C\C/C=C\C/C=C\CCCCCCOCC(COP(=O)(O)OCC[N+](C)(C)C)OC(=O)CCCCCCCCCCCCC. The average molecular weight is 847 g/mol. The topological polar surface area (TPSA) is 91.3 Å². The maximum absolute atomic E-state index is 12.7.